The van der Waals surface area contributed by atoms with E-state index in [0.29, 0.717) is 5.75 Å². The molecule has 0 spiro atoms. The Bertz CT molecular complexity index is 362. The second kappa shape index (κ2) is 3.92. The van der Waals surface area contributed by atoms with Crippen molar-refractivity contribution in [1.82, 2.24) is 0 Å². The van der Waals surface area contributed by atoms with Gasteiger partial charge in [0.05, 0.1) is 0 Å². The van der Waals surface area contributed by atoms with Crippen molar-refractivity contribution in [3.63, 3.8) is 0 Å². The van der Waals surface area contributed by atoms with Gasteiger partial charge in [-0.25, -0.2) is 4.79 Å². The van der Waals surface area contributed by atoms with Crippen LogP contribution < -0.4 is 4.74 Å². The first kappa shape index (κ1) is 9.40. The molecule has 0 unspecified atom stereocenters. The topological polar surface area (TPSA) is 46.5 Å². The van der Waals surface area contributed by atoms with E-state index in [1.165, 1.54) is 12.0 Å². The normalized spacial score (nSPS) is 14.6. The summed E-state index contributed by atoms with van der Waals surface area (Å²) in [6.07, 6.45) is 1.01. The van der Waals surface area contributed by atoms with Gasteiger partial charge in [-0.2, -0.15) is 0 Å². The van der Waals surface area contributed by atoms with Gasteiger partial charge in [0.15, 0.2) is 0 Å². The third-order valence-electron chi connectivity index (χ3n) is 2.09. The average Bonchev–Trinajstić information content (AvgIpc) is 2.17. The number of hydrogen-bond donors (Lipinski definition) is 1. The SMILES string of the molecule is O=C(O)Oc1ccc2c(c1)SCCC2. The van der Waals surface area contributed by atoms with E-state index in [-0.39, 0.29) is 0 Å². The molecule has 0 aliphatic carbocycles. The lowest BCUT2D eigenvalue weighted by Crippen LogP contribution is -2.04. The van der Waals surface area contributed by atoms with Crippen LogP contribution in [0.2, 0.25) is 0 Å². The summed E-state index contributed by atoms with van der Waals surface area (Å²) in [5.41, 5.74) is 1.29. The lowest BCUT2D eigenvalue weighted by molar-refractivity contribution is 0.144. The Kier molecular flexibility index (Phi) is 2.63. The standard InChI is InChI=1S/C10H10O3S/c11-10(12)13-8-4-3-7-2-1-5-14-9(7)6-8/h3-4,6H,1-2,5H2,(H,11,12). The summed E-state index contributed by atoms with van der Waals surface area (Å²) in [6, 6.07) is 5.45. The van der Waals surface area contributed by atoms with Gasteiger partial charge >= 0.3 is 6.16 Å². The number of benzene rings is 1. The molecule has 1 aromatic carbocycles. The highest BCUT2D eigenvalue weighted by molar-refractivity contribution is 7.99. The van der Waals surface area contributed by atoms with E-state index in [2.05, 4.69) is 4.74 Å². The number of ether oxygens (including phenoxy) is 1. The molecule has 1 aliphatic rings. The summed E-state index contributed by atoms with van der Waals surface area (Å²) >= 11 is 1.76. The Balaban J connectivity index is 2.24. The van der Waals surface area contributed by atoms with Crippen LogP contribution in [-0.2, 0) is 6.42 Å². The first-order valence-corrected chi connectivity index (χ1v) is 5.41. The molecule has 0 aromatic heterocycles. The highest BCUT2D eigenvalue weighted by Gasteiger charge is 2.11. The minimum atomic E-state index is -1.26. The van der Waals surface area contributed by atoms with Crippen molar-refractivity contribution in [3.8, 4) is 5.75 Å². The lowest BCUT2D eigenvalue weighted by atomic mass is 10.1. The number of carbonyl (C=O) groups is 1. The predicted octanol–water partition coefficient (Wildman–Crippen LogP) is 2.78. The molecule has 74 valence electrons. The maximum Gasteiger partial charge on any atom is 0.511 e. The Morgan fingerprint density at radius 2 is 2.36 bits per heavy atom. The average molecular weight is 210 g/mol. The molecule has 3 nitrogen and oxygen atoms in total. The molecule has 4 heteroatoms. The predicted molar refractivity (Wildman–Crippen MR) is 54.1 cm³/mol. The Morgan fingerprint density at radius 3 is 3.14 bits per heavy atom. The van der Waals surface area contributed by atoms with Crippen molar-refractivity contribution >= 4 is 17.9 Å². The molecule has 14 heavy (non-hydrogen) atoms. The summed E-state index contributed by atoms with van der Waals surface area (Å²) in [6.45, 7) is 0. The third kappa shape index (κ3) is 2.01. The quantitative estimate of drug-likeness (QED) is 0.572. The van der Waals surface area contributed by atoms with Crippen LogP contribution in [0.15, 0.2) is 23.1 Å². The molecule has 0 radical (unpaired) electrons. The molecule has 1 aromatic rings. The summed E-state index contributed by atoms with van der Waals surface area (Å²) in [4.78, 5) is 11.5. The maximum absolute atomic E-state index is 10.3. The molecule has 1 N–H and O–H groups in total. The number of fused-ring (bicyclic) bond motifs is 1. The van der Waals surface area contributed by atoms with Gasteiger partial charge in [0.2, 0.25) is 0 Å². The Labute approximate surface area is 86.1 Å². The van der Waals surface area contributed by atoms with Crippen molar-refractivity contribution in [2.24, 2.45) is 0 Å². The van der Waals surface area contributed by atoms with E-state index in [9.17, 15) is 4.79 Å². The molecule has 2 rings (SSSR count). The van der Waals surface area contributed by atoms with Crippen LogP contribution in [-0.4, -0.2) is 17.0 Å². The molecule has 0 atom stereocenters. The Morgan fingerprint density at radius 1 is 1.50 bits per heavy atom. The molecule has 0 saturated heterocycles. The second-order valence-corrected chi connectivity index (χ2v) is 4.23. The number of carboxylic acid groups (broad SMARTS) is 1. The smallest absolute Gasteiger partial charge is 0.449 e. The van der Waals surface area contributed by atoms with Gasteiger partial charge < -0.3 is 9.84 Å². The highest BCUT2D eigenvalue weighted by atomic mass is 32.2. The first-order chi connectivity index (χ1) is 6.75. The molecule has 0 bridgehead atoms. The molecule has 1 heterocycles. The van der Waals surface area contributed by atoms with Gasteiger partial charge in [-0.15, -0.1) is 11.8 Å². The monoisotopic (exact) mass is 210 g/mol. The van der Waals surface area contributed by atoms with Gasteiger partial charge in [-0.1, -0.05) is 6.07 Å². The Hall–Kier alpha value is -1.16. The first-order valence-electron chi connectivity index (χ1n) is 4.42. The zero-order valence-electron chi connectivity index (χ0n) is 7.53. The van der Waals surface area contributed by atoms with Crippen LogP contribution >= 0.6 is 11.8 Å². The fraction of sp³-hybridized carbons (Fsp3) is 0.300. The molecular weight excluding hydrogens is 200 g/mol. The molecule has 0 amide bonds. The third-order valence-corrected chi connectivity index (χ3v) is 3.28. The largest absolute Gasteiger partial charge is 0.511 e. The van der Waals surface area contributed by atoms with Crippen LogP contribution in [0.5, 0.6) is 5.75 Å². The highest BCUT2D eigenvalue weighted by Crippen LogP contribution is 2.32. The fourth-order valence-corrected chi connectivity index (χ4v) is 2.55. The summed E-state index contributed by atoms with van der Waals surface area (Å²) in [5.74, 6) is 1.51. The van der Waals surface area contributed by atoms with E-state index in [1.54, 1.807) is 23.9 Å². The molecule has 1 aliphatic heterocycles. The van der Waals surface area contributed by atoms with Crippen molar-refractivity contribution in [2.75, 3.05) is 5.75 Å². The van der Waals surface area contributed by atoms with Gasteiger partial charge in [0.25, 0.3) is 0 Å². The van der Waals surface area contributed by atoms with Crippen molar-refractivity contribution in [2.45, 2.75) is 17.7 Å². The van der Waals surface area contributed by atoms with E-state index < -0.39 is 6.16 Å². The summed E-state index contributed by atoms with van der Waals surface area (Å²) in [5, 5.41) is 8.44. The van der Waals surface area contributed by atoms with Gasteiger partial charge in [0, 0.05) is 4.90 Å². The zero-order valence-corrected chi connectivity index (χ0v) is 8.34. The maximum atomic E-state index is 10.3. The van der Waals surface area contributed by atoms with E-state index in [1.807, 2.05) is 6.07 Å². The van der Waals surface area contributed by atoms with Gasteiger partial charge in [0.1, 0.15) is 5.75 Å². The van der Waals surface area contributed by atoms with Crippen molar-refractivity contribution in [3.05, 3.63) is 23.8 Å². The van der Waals surface area contributed by atoms with Gasteiger partial charge in [-0.3, -0.25) is 0 Å². The minimum Gasteiger partial charge on any atom is -0.449 e. The van der Waals surface area contributed by atoms with Crippen molar-refractivity contribution < 1.29 is 14.6 Å². The van der Waals surface area contributed by atoms with Gasteiger partial charge in [-0.05, 0) is 36.3 Å². The van der Waals surface area contributed by atoms with Crippen LogP contribution in [0.1, 0.15) is 12.0 Å². The molecular formula is C10H10O3S. The summed E-state index contributed by atoms with van der Waals surface area (Å²) in [7, 11) is 0. The molecule has 0 fully saturated rings. The summed E-state index contributed by atoms with van der Waals surface area (Å²) < 4.78 is 4.58. The van der Waals surface area contributed by atoms with E-state index >= 15 is 0 Å². The lowest BCUT2D eigenvalue weighted by Gasteiger charge is -2.15. The number of thioether (sulfide) groups is 1. The molecule has 0 saturated carbocycles. The van der Waals surface area contributed by atoms with Crippen LogP contribution in [0.3, 0.4) is 0 Å². The number of rotatable bonds is 1. The fourth-order valence-electron chi connectivity index (χ4n) is 1.48. The number of hydrogen-bond acceptors (Lipinski definition) is 3. The zero-order chi connectivity index (χ0) is 9.97. The van der Waals surface area contributed by atoms with Crippen LogP contribution in [0, 0.1) is 0 Å². The van der Waals surface area contributed by atoms with E-state index in [4.69, 9.17) is 5.11 Å². The number of aryl methyl sites for hydroxylation is 1. The minimum absolute atomic E-state index is 0.408. The second-order valence-electron chi connectivity index (χ2n) is 3.09. The van der Waals surface area contributed by atoms with Crippen LogP contribution in [0.25, 0.3) is 0 Å². The van der Waals surface area contributed by atoms with Crippen LogP contribution in [0.4, 0.5) is 4.79 Å². The van der Waals surface area contributed by atoms with Crippen molar-refractivity contribution in [1.29, 1.82) is 0 Å². The van der Waals surface area contributed by atoms with E-state index in [0.717, 1.165) is 17.1 Å².